The van der Waals surface area contributed by atoms with Gasteiger partial charge in [-0.05, 0) is 35.8 Å². The molecule has 0 unspecified atom stereocenters. The maximum absolute atomic E-state index is 13.3. The molecule has 0 amide bonds. The number of methoxy groups -OCH3 is 1. The average molecular weight is 208 g/mol. The molecule has 0 fully saturated rings. The van der Waals surface area contributed by atoms with Gasteiger partial charge in [0.1, 0.15) is 6.29 Å². The van der Waals surface area contributed by atoms with Crippen molar-refractivity contribution < 1.29 is 13.9 Å². The quantitative estimate of drug-likeness (QED) is 0.561. The van der Waals surface area contributed by atoms with Crippen LogP contribution >= 0.6 is 0 Å². The Morgan fingerprint density at radius 3 is 2.73 bits per heavy atom. The first-order chi connectivity index (χ1) is 7.21. The first-order valence-corrected chi connectivity index (χ1v) is 4.70. The SMILES string of the molecule is CCC(C=O)=Cc1ccc(OC)c(F)c1. The zero-order valence-corrected chi connectivity index (χ0v) is 8.79. The number of benzene rings is 1. The molecule has 1 rings (SSSR count). The van der Waals surface area contributed by atoms with Crippen molar-refractivity contribution >= 4 is 12.4 Å². The topological polar surface area (TPSA) is 26.3 Å². The fourth-order valence-electron chi connectivity index (χ4n) is 1.21. The summed E-state index contributed by atoms with van der Waals surface area (Å²) < 4.78 is 18.1. The van der Waals surface area contributed by atoms with Gasteiger partial charge in [0.25, 0.3) is 0 Å². The summed E-state index contributed by atoms with van der Waals surface area (Å²) in [5.41, 5.74) is 1.30. The monoisotopic (exact) mass is 208 g/mol. The molecule has 0 aliphatic heterocycles. The molecule has 0 saturated carbocycles. The third-order valence-corrected chi connectivity index (χ3v) is 2.09. The molecule has 0 heterocycles. The van der Waals surface area contributed by atoms with Crippen molar-refractivity contribution in [2.45, 2.75) is 13.3 Å². The number of aldehydes is 1. The van der Waals surface area contributed by atoms with Gasteiger partial charge in [-0.2, -0.15) is 0 Å². The van der Waals surface area contributed by atoms with Crippen LogP contribution in [0.5, 0.6) is 5.75 Å². The second kappa shape index (κ2) is 5.29. The molecular weight excluding hydrogens is 195 g/mol. The molecular formula is C12H13FO2. The maximum Gasteiger partial charge on any atom is 0.165 e. The summed E-state index contributed by atoms with van der Waals surface area (Å²) in [5.74, 6) is -0.219. The van der Waals surface area contributed by atoms with Crippen molar-refractivity contribution in [3.63, 3.8) is 0 Å². The Morgan fingerprint density at radius 2 is 2.27 bits per heavy atom. The normalized spacial score (nSPS) is 11.3. The molecule has 0 N–H and O–H groups in total. The van der Waals surface area contributed by atoms with Crippen LogP contribution in [-0.2, 0) is 4.79 Å². The molecule has 1 aromatic rings. The van der Waals surface area contributed by atoms with Crippen LogP contribution in [0.4, 0.5) is 4.39 Å². The summed E-state index contributed by atoms with van der Waals surface area (Å²) in [6.45, 7) is 1.88. The summed E-state index contributed by atoms with van der Waals surface area (Å²) in [7, 11) is 1.41. The second-order valence-corrected chi connectivity index (χ2v) is 3.08. The van der Waals surface area contributed by atoms with Crippen molar-refractivity contribution in [1.82, 2.24) is 0 Å². The molecule has 1 aromatic carbocycles. The number of allylic oxidation sites excluding steroid dienone is 1. The van der Waals surface area contributed by atoms with Gasteiger partial charge in [0.15, 0.2) is 11.6 Å². The lowest BCUT2D eigenvalue weighted by molar-refractivity contribution is -0.104. The van der Waals surface area contributed by atoms with Crippen molar-refractivity contribution in [3.8, 4) is 5.75 Å². The Balaban J connectivity index is 3.02. The third kappa shape index (κ3) is 2.91. The van der Waals surface area contributed by atoms with Gasteiger partial charge < -0.3 is 4.74 Å². The Labute approximate surface area is 88.4 Å². The number of rotatable bonds is 4. The highest BCUT2D eigenvalue weighted by molar-refractivity contribution is 5.81. The predicted octanol–water partition coefficient (Wildman–Crippen LogP) is 2.83. The van der Waals surface area contributed by atoms with E-state index >= 15 is 0 Å². The van der Waals surface area contributed by atoms with Gasteiger partial charge in [-0.3, -0.25) is 4.79 Å². The lowest BCUT2D eigenvalue weighted by Gasteiger charge is -2.02. The van der Waals surface area contributed by atoms with E-state index in [1.807, 2.05) is 6.92 Å². The van der Waals surface area contributed by atoms with E-state index in [0.717, 1.165) is 6.29 Å². The Morgan fingerprint density at radius 1 is 1.53 bits per heavy atom. The van der Waals surface area contributed by atoms with E-state index in [0.29, 0.717) is 17.6 Å². The van der Waals surface area contributed by atoms with Crippen molar-refractivity contribution in [2.24, 2.45) is 0 Å². The van der Waals surface area contributed by atoms with E-state index in [9.17, 15) is 9.18 Å². The zero-order chi connectivity index (χ0) is 11.3. The van der Waals surface area contributed by atoms with Gasteiger partial charge in [-0.1, -0.05) is 13.0 Å². The van der Waals surface area contributed by atoms with Gasteiger partial charge in [-0.15, -0.1) is 0 Å². The van der Waals surface area contributed by atoms with Crippen molar-refractivity contribution in [1.29, 1.82) is 0 Å². The van der Waals surface area contributed by atoms with Crippen LogP contribution in [0, 0.1) is 5.82 Å². The van der Waals surface area contributed by atoms with Gasteiger partial charge in [0, 0.05) is 0 Å². The van der Waals surface area contributed by atoms with Crippen LogP contribution in [0.1, 0.15) is 18.9 Å². The number of hydrogen-bond donors (Lipinski definition) is 0. The summed E-state index contributed by atoms with van der Waals surface area (Å²) in [6, 6.07) is 4.60. The standard InChI is InChI=1S/C12H13FO2/c1-3-9(8-14)6-10-4-5-12(15-2)11(13)7-10/h4-8H,3H2,1-2H3. The fraction of sp³-hybridized carbons (Fsp3) is 0.250. The first-order valence-electron chi connectivity index (χ1n) is 4.70. The van der Waals surface area contributed by atoms with E-state index in [2.05, 4.69) is 0 Å². The second-order valence-electron chi connectivity index (χ2n) is 3.08. The molecule has 0 atom stereocenters. The van der Waals surface area contributed by atoms with Crippen molar-refractivity contribution in [2.75, 3.05) is 7.11 Å². The van der Waals surface area contributed by atoms with Crippen molar-refractivity contribution in [3.05, 3.63) is 35.2 Å². The molecule has 0 radical (unpaired) electrons. The predicted molar refractivity (Wildman–Crippen MR) is 57.3 cm³/mol. The number of ether oxygens (including phenoxy) is 1. The van der Waals surface area contributed by atoms with E-state index in [-0.39, 0.29) is 5.75 Å². The Bertz CT molecular complexity index is 383. The first kappa shape index (κ1) is 11.4. The molecule has 0 saturated heterocycles. The van der Waals surface area contributed by atoms with E-state index in [4.69, 9.17) is 4.74 Å². The minimum Gasteiger partial charge on any atom is -0.494 e. The van der Waals surface area contributed by atoms with E-state index in [1.165, 1.54) is 13.2 Å². The van der Waals surface area contributed by atoms with Gasteiger partial charge in [0.05, 0.1) is 7.11 Å². The summed E-state index contributed by atoms with van der Waals surface area (Å²) >= 11 is 0. The summed E-state index contributed by atoms with van der Waals surface area (Å²) in [5, 5.41) is 0. The minimum absolute atomic E-state index is 0.205. The van der Waals surface area contributed by atoms with E-state index < -0.39 is 5.82 Å². The lowest BCUT2D eigenvalue weighted by Crippen LogP contribution is -1.89. The van der Waals surface area contributed by atoms with Crippen LogP contribution in [0.2, 0.25) is 0 Å². The highest BCUT2D eigenvalue weighted by Gasteiger charge is 2.02. The van der Waals surface area contributed by atoms with Gasteiger partial charge in [-0.25, -0.2) is 4.39 Å². The molecule has 80 valence electrons. The Hall–Kier alpha value is -1.64. The van der Waals surface area contributed by atoms with Crippen LogP contribution in [0.25, 0.3) is 6.08 Å². The number of hydrogen-bond acceptors (Lipinski definition) is 2. The lowest BCUT2D eigenvalue weighted by atomic mass is 10.1. The van der Waals surface area contributed by atoms with Crippen LogP contribution in [0.3, 0.4) is 0 Å². The molecule has 15 heavy (non-hydrogen) atoms. The van der Waals surface area contributed by atoms with Crippen LogP contribution in [-0.4, -0.2) is 13.4 Å². The zero-order valence-electron chi connectivity index (χ0n) is 8.79. The summed E-state index contributed by atoms with van der Waals surface area (Å²) in [6.07, 6.45) is 3.08. The molecule has 0 aliphatic rings. The highest BCUT2D eigenvalue weighted by atomic mass is 19.1. The van der Waals surface area contributed by atoms with Crippen LogP contribution < -0.4 is 4.74 Å². The van der Waals surface area contributed by atoms with Gasteiger partial charge in [0.2, 0.25) is 0 Å². The molecule has 0 spiro atoms. The molecule has 0 aromatic heterocycles. The third-order valence-electron chi connectivity index (χ3n) is 2.09. The molecule has 2 nitrogen and oxygen atoms in total. The number of carbonyl (C=O) groups is 1. The molecule has 3 heteroatoms. The summed E-state index contributed by atoms with van der Waals surface area (Å²) in [4.78, 5) is 10.6. The minimum atomic E-state index is -0.424. The number of halogens is 1. The van der Waals surface area contributed by atoms with E-state index in [1.54, 1.807) is 18.2 Å². The Kier molecular flexibility index (Phi) is 4.03. The largest absolute Gasteiger partial charge is 0.494 e. The van der Waals surface area contributed by atoms with Gasteiger partial charge >= 0.3 is 0 Å². The number of carbonyl (C=O) groups excluding carboxylic acids is 1. The molecule has 0 bridgehead atoms. The fourth-order valence-corrected chi connectivity index (χ4v) is 1.21. The smallest absolute Gasteiger partial charge is 0.165 e. The molecule has 0 aliphatic carbocycles. The van der Waals surface area contributed by atoms with Crippen LogP contribution in [0.15, 0.2) is 23.8 Å². The maximum atomic E-state index is 13.3. The average Bonchev–Trinajstić information content (AvgIpc) is 2.26. The highest BCUT2D eigenvalue weighted by Crippen LogP contribution is 2.19.